The number of aliphatic hydroxyl groups is 2. The molecule has 13 rings (SSSR count). The van der Waals surface area contributed by atoms with E-state index in [0.717, 1.165) is 66.8 Å². The van der Waals surface area contributed by atoms with Gasteiger partial charge in [-0.05, 0) is 158 Å². The van der Waals surface area contributed by atoms with Gasteiger partial charge in [0.05, 0.1) is 11.6 Å². The van der Waals surface area contributed by atoms with Crippen LogP contribution in [0.2, 0.25) is 0 Å². The largest absolute Gasteiger partial charge is 2.00 e. The molecule has 0 saturated heterocycles. The van der Waals surface area contributed by atoms with Crippen LogP contribution in [0.25, 0.3) is 89.8 Å². The number of hydrogen-bond acceptors (Lipinski definition) is 8. The fourth-order valence-electron chi connectivity index (χ4n) is 14.0. The van der Waals surface area contributed by atoms with E-state index in [9.17, 15) is 10.2 Å². The molecule has 10 nitrogen and oxygen atoms in total. The number of fused-ring (bicyclic) bond motifs is 8. The second-order valence-corrected chi connectivity index (χ2v) is 35.6. The van der Waals surface area contributed by atoms with Gasteiger partial charge in [-0.15, -0.1) is 0 Å². The summed E-state index contributed by atoms with van der Waals surface area (Å²) in [6.45, 7) is 61.7. The first-order chi connectivity index (χ1) is 49.3. The van der Waals surface area contributed by atoms with Gasteiger partial charge < -0.3 is 40.1 Å². The fraction of sp³-hybridized carbons (Fsp3) is 0.354. The minimum absolute atomic E-state index is 0. The molecule has 558 valence electrons. The number of rotatable bonds is 6. The summed E-state index contributed by atoms with van der Waals surface area (Å²) in [5.74, 6) is 14.0. The van der Waals surface area contributed by atoms with Crippen molar-refractivity contribution in [1.82, 2.24) is 39.9 Å². The van der Waals surface area contributed by atoms with Crippen molar-refractivity contribution in [3.8, 4) is 44.5 Å². The molecular formula is C96H110N8NiO2Zr+2. The molecule has 0 atom stereocenters. The van der Waals surface area contributed by atoms with Crippen LogP contribution >= 0.6 is 0 Å². The van der Waals surface area contributed by atoms with E-state index < -0.39 is 11.5 Å². The van der Waals surface area contributed by atoms with Gasteiger partial charge in [-0.2, -0.15) is 0 Å². The van der Waals surface area contributed by atoms with E-state index in [-0.39, 0.29) is 98.1 Å². The maximum Gasteiger partial charge on any atom is 2.00 e. The van der Waals surface area contributed by atoms with Gasteiger partial charge in [0.2, 0.25) is 0 Å². The van der Waals surface area contributed by atoms with Crippen molar-refractivity contribution in [2.45, 2.75) is 226 Å². The zero-order chi connectivity index (χ0) is 77.6. The average Bonchev–Trinajstić information content (AvgIpc) is 1.54. The Morgan fingerprint density at radius 3 is 0.537 bits per heavy atom. The van der Waals surface area contributed by atoms with Crippen LogP contribution in [0.1, 0.15) is 262 Å². The van der Waals surface area contributed by atoms with Crippen LogP contribution in [-0.4, -0.2) is 40.1 Å². The molecule has 0 unspecified atom stereocenters. The molecule has 4 aliphatic rings. The molecule has 108 heavy (non-hydrogen) atoms. The van der Waals surface area contributed by atoms with Crippen molar-refractivity contribution in [2.75, 3.05) is 0 Å². The number of nitrogens with zero attached hydrogens (tertiary/aromatic N) is 8. The van der Waals surface area contributed by atoms with Gasteiger partial charge in [0, 0.05) is 56.0 Å². The van der Waals surface area contributed by atoms with E-state index in [1.165, 1.54) is 70.3 Å². The van der Waals surface area contributed by atoms with Gasteiger partial charge in [0.25, 0.3) is 0 Å². The van der Waals surface area contributed by atoms with Gasteiger partial charge in [0.1, 0.15) is 11.6 Å². The molecule has 0 spiro atoms. The molecule has 10 radical (unpaired) electrons. The predicted octanol–water partition coefficient (Wildman–Crippen LogP) is 24.5. The average molecular weight is 1560 g/mol. The SMILES string of the molecule is CC(C)(C)c1ccc(C2=C(c3ccc(C(C)(C)C)cc3)c3nc2nc2[n-]c(nc4nc(nc5[n-]c(n3)c(-c3ccc(C(C)(C)C)cc3)c5-c3ccc(C(C)(C)C)cc3)C(O)=C4O)c(-c3ccc(C(C)(C)C)cc3)c2-c2ccc(C(C)(C)C)cc2)cc1.C[C]1[C](C)[C](C)[C](C)[C]1C.C[C]1[C](C)[C](C)[C](C)[C]1C.[Ni+2].[Zr+2]. The number of benzene rings is 6. The van der Waals surface area contributed by atoms with E-state index >= 15 is 0 Å². The molecule has 2 fully saturated rings. The molecule has 0 amide bonds. The van der Waals surface area contributed by atoms with Gasteiger partial charge in [-0.3, -0.25) is 0 Å². The van der Waals surface area contributed by atoms with Crippen molar-refractivity contribution in [2.24, 2.45) is 0 Å². The van der Waals surface area contributed by atoms with Crippen LogP contribution in [0, 0.1) is 59.2 Å². The standard InChI is InChI=1S/C76H80N8O2.2C10H15.Ni.Zr/c1-71(2,3)49-31-19-43(20-32-49)55-56(44-21-33-50(34-22-44)72(4,5)6)64-77-63(55)78-65-57(45-23-35-51(36-24-45)73(7,8)9)59(47-27-39-53(40-28-47)75(13,14)15)67(80-65)82-69-61(85)62(86)70(84-69)83-68-60(48-29-41-54(42-30-48)76(16,17)18)58(66(79-64)81-68)46-25-37-52(38-26-46)74(10,11)12;2*1-6-7(2)9(4)10(5)8(6)3;;/h19-42H,1-18H3,(H2-2,77,78,79,80,81,82,83,84,85,86);2*1-5H3;;/q-2;;;2*+2. The third-order valence-corrected chi connectivity index (χ3v) is 22.3. The molecule has 2 saturated carbocycles. The third kappa shape index (κ3) is 17.4. The number of hydrogen-bond donors (Lipinski definition) is 2. The molecular weight excluding hydrogens is 1450 g/mol. The summed E-state index contributed by atoms with van der Waals surface area (Å²) in [7, 11) is 0. The molecule has 8 bridgehead atoms. The second-order valence-electron chi connectivity index (χ2n) is 35.6. The molecule has 2 N–H and O–H groups in total. The van der Waals surface area contributed by atoms with Crippen molar-refractivity contribution in [3.63, 3.8) is 0 Å². The fourth-order valence-corrected chi connectivity index (χ4v) is 14.0. The van der Waals surface area contributed by atoms with E-state index in [2.05, 4.69) is 339 Å². The molecule has 12 heteroatoms. The Morgan fingerprint density at radius 2 is 0.370 bits per heavy atom. The molecule has 2 aliphatic heterocycles. The number of aromatic nitrogens is 8. The normalized spacial score (nSPS) is 16.2. The van der Waals surface area contributed by atoms with E-state index in [0.29, 0.717) is 45.2 Å². The van der Waals surface area contributed by atoms with Crippen LogP contribution in [0.15, 0.2) is 146 Å². The Hall–Kier alpha value is -7.38. The maximum absolute atomic E-state index is 12.1. The molecule has 6 aromatic carbocycles. The van der Waals surface area contributed by atoms with Gasteiger partial charge in [0.15, 0.2) is 11.5 Å². The second kappa shape index (κ2) is 31.8. The summed E-state index contributed by atoms with van der Waals surface area (Å²) in [5.41, 5.74) is 16.8. The first kappa shape index (κ1) is 84.6. The van der Waals surface area contributed by atoms with Crippen molar-refractivity contribution < 1.29 is 52.9 Å². The Kier molecular flexibility index (Phi) is 24.9. The smallest absolute Gasteiger partial charge is 0.503 e. The maximum atomic E-state index is 12.1. The van der Waals surface area contributed by atoms with Gasteiger partial charge >= 0.3 is 42.7 Å². The molecule has 3 aromatic heterocycles. The summed E-state index contributed by atoms with van der Waals surface area (Å²) in [4.78, 5) is 42.8. The quantitative estimate of drug-likeness (QED) is 0.154. The summed E-state index contributed by atoms with van der Waals surface area (Å²) in [5, 5.41) is 24.1. The van der Waals surface area contributed by atoms with E-state index in [4.69, 9.17) is 39.9 Å². The van der Waals surface area contributed by atoms with Crippen LogP contribution in [0.3, 0.4) is 0 Å². The predicted molar refractivity (Wildman–Crippen MR) is 443 cm³/mol. The van der Waals surface area contributed by atoms with E-state index in [1.54, 1.807) is 0 Å². The molecule has 5 heterocycles. The first-order valence-electron chi connectivity index (χ1n) is 37.5. The summed E-state index contributed by atoms with van der Waals surface area (Å²) >= 11 is 0. The van der Waals surface area contributed by atoms with Crippen molar-refractivity contribution in [3.05, 3.63) is 273 Å². The minimum atomic E-state index is -0.546. The Bertz CT molecular complexity index is 4530. The zero-order valence-electron chi connectivity index (χ0n) is 69.1. The molecule has 9 aromatic rings. The van der Waals surface area contributed by atoms with Gasteiger partial charge in [-0.1, -0.05) is 339 Å². The summed E-state index contributed by atoms with van der Waals surface area (Å²) in [6.07, 6.45) is 0. The Morgan fingerprint density at radius 1 is 0.222 bits per heavy atom. The Balaban J connectivity index is 0.000000530. The van der Waals surface area contributed by atoms with E-state index in [1.807, 2.05) is 0 Å². The Labute approximate surface area is 676 Å². The van der Waals surface area contributed by atoms with Crippen LogP contribution in [0.5, 0.6) is 0 Å². The number of aliphatic hydroxyl groups excluding tert-OH is 2. The summed E-state index contributed by atoms with van der Waals surface area (Å²) in [6, 6.07) is 51.4. The van der Waals surface area contributed by atoms with Gasteiger partial charge in [-0.25, -0.2) is 9.97 Å². The molecule has 2 aliphatic carbocycles. The summed E-state index contributed by atoms with van der Waals surface area (Å²) < 4.78 is 0. The topological polar surface area (TPSA) is 146 Å². The first-order valence-corrected chi connectivity index (χ1v) is 37.5. The van der Waals surface area contributed by atoms with Crippen LogP contribution < -0.4 is 9.97 Å². The monoisotopic (exact) mass is 1550 g/mol. The van der Waals surface area contributed by atoms with Crippen molar-refractivity contribution >= 4 is 45.3 Å². The van der Waals surface area contributed by atoms with Crippen molar-refractivity contribution in [1.29, 1.82) is 0 Å². The van der Waals surface area contributed by atoms with Crippen LogP contribution in [0.4, 0.5) is 0 Å². The third-order valence-electron chi connectivity index (χ3n) is 22.3. The minimum Gasteiger partial charge on any atom is -0.503 e. The zero-order valence-corrected chi connectivity index (χ0v) is 72.6. The van der Waals surface area contributed by atoms with Crippen LogP contribution in [-0.2, 0) is 75.2 Å².